The van der Waals surface area contributed by atoms with Gasteiger partial charge in [0.2, 0.25) is 0 Å². The second-order valence-electron chi connectivity index (χ2n) is 8.21. The van der Waals surface area contributed by atoms with Crippen molar-refractivity contribution in [3.05, 3.63) is 53.1 Å². The van der Waals surface area contributed by atoms with Crippen LogP contribution in [0.25, 0.3) is 10.4 Å². The Morgan fingerprint density at radius 1 is 1.18 bits per heavy atom. The highest BCUT2D eigenvalue weighted by Crippen LogP contribution is 2.40. The Bertz CT molecular complexity index is 1190. The van der Waals surface area contributed by atoms with Crippen LogP contribution in [0.4, 0.5) is 34.2 Å². The molecule has 1 aliphatic rings. The molecule has 4 N–H and O–H groups in total. The van der Waals surface area contributed by atoms with Crippen LogP contribution in [-0.4, -0.2) is 40.2 Å². The molecule has 3 heterocycles. The van der Waals surface area contributed by atoms with Gasteiger partial charge in [-0.3, -0.25) is 4.79 Å². The van der Waals surface area contributed by atoms with E-state index in [4.69, 9.17) is 5.73 Å². The number of thiophene rings is 1. The number of nitrogens with zero attached hydrogens (tertiary/aromatic N) is 3. The zero-order valence-corrected chi connectivity index (χ0v) is 18.3. The van der Waals surface area contributed by atoms with E-state index in [1.807, 2.05) is 0 Å². The number of primary amides is 1. The quantitative estimate of drug-likeness (QED) is 0.460. The van der Waals surface area contributed by atoms with Gasteiger partial charge in [-0.05, 0) is 49.7 Å². The molecule has 0 unspecified atom stereocenters. The number of anilines is 3. The second kappa shape index (κ2) is 7.96. The summed E-state index contributed by atoms with van der Waals surface area (Å²) in [6.07, 6.45) is 0. The number of alkyl halides is 2. The number of rotatable bonds is 6. The molecular weight excluding hydrogens is 462 g/mol. The molecule has 1 aliphatic heterocycles. The van der Waals surface area contributed by atoms with E-state index in [-0.39, 0.29) is 38.2 Å². The molecule has 0 spiro atoms. The zero-order chi connectivity index (χ0) is 24.1. The van der Waals surface area contributed by atoms with Crippen LogP contribution < -0.4 is 16.0 Å². The number of hydrogen-bond donors (Lipinski definition) is 3. The van der Waals surface area contributed by atoms with Gasteiger partial charge in [-0.2, -0.15) is 0 Å². The fraction of sp³-hybridized carbons (Fsp3) is 0.286. The normalized spacial score (nSPS) is 15.3. The van der Waals surface area contributed by atoms with Crippen LogP contribution in [0.1, 0.15) is 29.8 Å². The Morgan fingerprint density at radius 3 is 2.30 bits per heavy atom. The van der Waals surface area contributed by atoms with Crippen molar-refractivity contribution in [1.29, 1.82) is 0 Å². The highest BCUT2D eigenvalue weighted by atomic mass is 32.1. The van der Waals surface area contributed by atoms with Gasteiger partial charge in [-0.15, -0.1) is 21.5 Å². The third-order valence-electron chi connectivity index (χ3n) is 5.05. The molecule has 0 bridgehead atoms. The van der Waals surface area contributed by atoms with Crippen LogP contribution in [0.5, 0.6) is 0 Å². The molecule has 1 aromatic carbocycles. The minimum atomic E-state index is -2.75. The fourth-order valence-electron chi connectivity index (χ4n) is 3.30. The molecule has 12 heteroatoms. The molecule has 7 nitrogen and oxygen atoms in total. The highest BCUT2D eigenvalue weighted by Gasteiger charge is 2.44. The summed E-state index contributed by atoms with van der Waals surface area (Å²) in [6, 6.07) is 6.27. The van der Waals surface area contributed by atoms with Crippen LogP contribution in [0.15, 0.2) is 30.3 Å². The van der Waals surface area contributed by atoms with E-state index in [0.29, 0.717) is 0 Å². The van der Waals surface area contributed by atoms with E-state index >= 15 is 0 Å². The molecule has 1 amide bonds. The molecule has 1 saturated heterocycles. The van der Waals surface area contributed by atoms with Gasteiger partial charge < -0.3 is 21.1 Å². The summed E-state index contributed by atoms with van der Waals surface area (Å²) in [5.41, 5.74) is 3.64. The lowest BCUT2D eigenvalue weighted by Gasteiger charge is -2.39. The Balaban J connectivity index is 1.62. The van der Waals surface area contributed by atoms with Gasteiger partial charge in [0.25, 0.3) is 11.8 Å². The van der Waals surface area contributed by atoms with E-state index in [2.05, 4.69) is 15.5 Å². The van der Waals surface area contributed by atoms with Crippen LogP contribution >= 0.6 is 11.3 Å². The fourth-order valence-corrected chi connectivity index (χ4v) is 4.42. The van der Waals surface area contributed by atoms with Gasteiger partial charge >= 0.3 is 0 Å². The van der Waals surface area contributed by atoms with E-state index in [0.717, 1.165) is 23.5 Å². The first-order valence-electron chi connectivity index (χ1n) is 9.73. The summed E-state index contributed by atoms with van der Waals surface area (Å²) >= 11 is 0.872. The van der Waals surface area contributed by atoms with Crippen molar-refractivity contribution in [2.24, 2.45) is 5.73 Å². The Kier molecular flexibility index (Phi) is 5.53. The molecular formula is C21H19F4N5O2S. The Hall–Kier alpha value is -3.25. The maximum Gasteiger partial charge on any atom is 0.282 e. The molecule has 4 rings (SSSR count). The summed E-state index contributed by atoms with van der Waals surface area (Å²) in [4.78, 5) is 13.4. The summed E-state index contributed by atoms with van der Waals surface area (Å²) in [5.74, 6) is -4.96. The van der Waals surface area contributed by atoms with Crippen LogP contribution in [0.3, 0.4) is 0 Å². The second-order valence-corrected chi connectivity index (χ2v) is 9.26. The highest BCUT2D eigenvalue weighted by molar-refractivity contribution is 7.20. The SMILES string of the molecule is CC(C)(O)c1cc(F)c(-c2cc(C(N)=O)c(Nc3ccc(N4CC(F)(F)C4)nn3)s2)c(F)c1. The first-order chi connectivity index (χ1) is 15.3. The minimum Gasteiger partial charge on any atom is -0.386 e. The number of benzene rings is 1. The molecule has 0 atom stereocenters. The molecule has 2 aromatic heterocycles. The Labute approximate surface area is 189 Å². The molecule has 33 heavy (non-hydrogen) atoms. The van der Waals surface area contributed by atoms with Crippen molar-refractivity contribution in [2.75, 3.05) is 23.3 Å². The van der Waals surface area contributed by atoms with Gasteiger partial charge in [0.1, 0.15) is 16.6 Å². The van der Waals surface area contributed by atoms with Crippen LogP contribution in [-0.2, 0) is 5.60 Å². The number of halogens is 4. The maximum absolute atomic E-state index is 14.7. The number of hydrogen-bond acceptors (Lipinski definition) is 7. The largest absolute Gasteiger partial charge is 0.386 e. The molecule has 0 radical (unpaired) electrons. The van der Waals surface area contributed by atoms with Crippen molar-refractivity contribution >= 4 is 33.9 Å². The zero-order valence-electron chi connectivity index (χ0n) is 17.5. The lowest BCUT2D eigenvalue weighted by atomic mass is 9.96. The number of nitrogens with one attached hydrogen (secondary N) is 1. The average molecular weight is 481 g/mol. The third-order valence-corrected chi connectivity index (χ3v) is 6.12. The van der Waals surface area contributed by atoms with E-state index in [1.165, 1.54) is 36.9 Å². The van der Waals surface area contributed by atoms with Crippen molar-refractivity contribution in [3.8, 4) is 10.4 Å². The van der Waals surface area contributed by atoms with E-state index in [1.54, 1.807) is 0 Å². The Morgan fingerprint density at radius 2 is 1.82 bits per heavy atom. The summed E-state index contributed by atoms with van der Waals surface area (Å²) in [6.45, 7) is 1.91. The molecule has 0 saturated carbocycles. The number of carbonyl (C=O) groups is 1. The molecule has 1 fully saturated rings. The molecule has 0 aliphatic carbocycles. The number of amides is 1. The standard InChI is InChI=1S/C21H19F4N5O2S/c1-20(2,32)10-5-12(22)17(13(23)6-10)14-7-11(18(26)31)19(33-14)27-15-3-4-16(29-28-15)30-8-21(24,25)9-30/h3-7,32H,8-9H2,1-2H3,(H2,26,31)(H,27,28). The smallest absolute Gasteiger partial charge is 0.282 e. The lowest BCUT2D eigenvalue weighted by Crippen LogP contribution is -2.56. The van der Waals surface area contributed by atoms with Crippen LogP contribution in [0.2, 0.25) is 0 Å². The average Bonchev–Trinajstić information content (AvgIpc) is 3.09. The topological polar surface area (TPSA) is 104 Å². The lowest BCUT2D eigenvalue weighted by molar-refractivity contribution is -0.0267. The number of carbonyl (C=O) groups excluding carboxylic acids is 1. The third kappa shape index (κ3) is 4.62. The summed E-state index contributed by atoms with van der Waals surface area (Å²) in [7, 11) is 0. The first kappa shape index (κ1) is 22.9. The predicted octanol–water partition coefficient (Wildman–Crippen LogP) is 4.01. The van der Waals surface area contributed by atoms with Gasteiger partial charge in [0, 0.05) is 4.88 Å². The van der Waals surface area contributed by atoms with Crippen LogP contribution in [0, 0.1) is 11.6 Å². The number of aromatic nitrogens is 2. The van der Waals surface area contributed by atoms with E-state index in [9.17, 15) is 27.5 Å². The maximum atomic E-state index is 14.7. The van der Waals surface area contributed by atoms with E-state index < -0.39 is 42.2 Å². The van der Waals surface area contributed by atoms with Crippen molar-refractivity contribution in [1.82, 2.24) is 10.2 Å². The van der Waals surface area contributed by atoms with Crippen molar-refractivity contribution < 1.29 is 27.5 Å². The summed E-state index contributed by atoms with van der Waals surface area (Å²) in [5, 5.41) is 20.8. The van der Waals surface area contributed by atoms with Gasteiger partial charge in [-0.25, -0.2) is 17.6 Å². The summed E-state index contributed by atoms with van der Waals surface area (Å²) < 4.78 is 55.6. The number of nitrogens with two attached hydrogens (primary N) is 1. The molecule has 3 aromatic rings. The monoisotopic (exact) mass is 481 g/mol. The van der Waals surface area contributed by atoms with Crippen molar-refractivity contribution in [3.63, 3.8) is 0 Å². The predicted molar refractivity (Wildman–Crippen MR) is 116 cm³/mol. The minimum absolute atomic E-state index is 0.0198. The molecule has 174 valence electrons. The van der Waals surface area contributed by atoms with Gasteiger partial charge in [0.05, 0.1) is 29.8 Å². The number of aliphatic hydroxyl groups is 1. The van der Waals surface area contributed by atoms with Gasteiger partial charge in [0.15, 0.2) is 11.6 Å². The van der Waals surface area contributed by atoms with Crippen molar-refractivity contribution in [2.45, 2.75) is 25.4 Å². The van der Waals surface area contributed by atoms with Gasteiger partial charge in [-0.1, -0.05) is 0 Å². The first-order valence-corrected chi connectivity index (χ1v) is 10.6.